The maximum absolute atomic E-state index is 12.0. The number of nitrogens with zero attached hydrogens (tertiary/aromatic N) is 12. The second-order valence-electron chi connectivity index (χ2n) is 27.0. The molecule has 5 atom stereocenters. The zero-order valence-electron chi connectivity index (χ0n) is 71.4. The molecule has 0 aliphatic carbocycles. The van der Waals surface area contributed by atoms with Crippen LogP contribution >= 0.6 is 86.4 Å². The fourth-order valence-corrected chi connectivity index (χ4v) is 22.5. The second kappa shape index (κ2) is 58.3. The van der Waals surface area contributed by atoms with Crippen molar-refractivity contribution in [3.05, 3.63) is 130 Å². The Balaban J connectivity index is 0.000000349. The zero-order valence-corrected chi connectivity index (χ0v) is 82.8. The number of carbonyl (C=O) groups excluding carboxylic acids is 18. The molecule has 0 radical (unpaired) electrons. The Morgan fingerprint density at radius 2 is 0.629 bits per heavy atom. The van der Waals surface area contributed by atoms with Gasteiger partial charge in [-0.1, -0.05) is 55.3 Å². The summed E-state index contributed by atoms with van der Waals surface area (Å²) >= 11 is 0. The maximum atomic E-state index is 12.0. The molecule has 12 amide bonds. The van der Waals surface area contributed by atoms with E-state index in [-0.39, 0.29) is 135 Å². The van der Waals surface area contributed by atoms with Crippen molar-refractivity contribution >= 4 is 265 Å². The second-order valence-corrected chi connectivity index (χ2v) is 45.2. The number of amides is 12. The minimum Gasteiger partial charge on any atom is -0.330 e. The highest BCUT2D eigenvalue weighted by atomic mass is 33.1. The van der Waals surface area contributed by atoms with Crippen LogP contribution in [0.4, 0.5) is 11.4 Å². The lowest BCUT2D eigenvalue weighted by molar-refractivity contribution is -0.385. The third-order valence-electron chi connectivity index (χ3n) is 17.0. The van der Waals surface area contributed by atoms with Crippen molar-refractivity contribution in [2.24, 2.45) is 0 Å². The first-order valence-electron chi connectivity index (χ1n) is 38.5. The minimum atomic E-state index is -4.96. The summed E-state index contributed by atoms with van der Waals surface area (Å²) < 4.78 is 183. The van der Waals surface area contributed by atoms with Crippen LogP contribution in [0.1, 0.15) is 110 Å². The number of hydrogen-bond donors (Lipinski definition) is 5. The highest BCUT2D eigenvalue weighted by Crippen LogP contribution is 2.35. The van der Waals surface area contributed by atoms with Gasteiger partial charge >= 0.3 is 34.5 Å². The SMILES string of the molecule is CC(=O)C(CCSSc1ccc([N+](=O)[O-])cn1)S(=O)(=O)O.CC(=O)C(CCSSc1ccccn1)S(=O)(=O)O.O=C(CCCN1C(=O)C=CC1=O)ON1C(=O)CCC1=O.O=C(ON1C(=O)CCC1=O)C(CCN1C(=O)C=CC1=O)S(=O)(=O)O.O=C(ON1C(=O)CCC1=O)C(CCSSc1ccc([N+](=O)[O-])cn1)S(=O)(=O)O.O=C(ON1C(=O)CCC1=O)C(CCSSc1ccccn1)S(=O)(=O)O.O=S(=O)=O. The van der Waals surface area contributed by atoms with Gasteiger partial charge in [-0.25, -0.2) is 39.1 Å². The van der Waals surface area contributed by atoms with E-state index in [1.54, 1.807) is 36.7 Å². The molecule has 0 bridgehead atoms. The molecule has 0 saturated carbocycles. The predicted molar refractivity (Wildman–Crippen MR) is 484 cm³/mol. The van der Waals surface area contributed by atoms with Crippen molar-refractivity contribution in [1.82, 2.24) is 50.0 Å². The highest BCUT2D eigenvalue weighted by molar-refractivity contribution is 8.77. The van der Waals surface area contributed by atoms with Crippen molar-refractivity contribution < 1.29 is 193 Å². The van der Waals surface area contributed by atoms with Crippen molar-refractivity contribution in [1.29, 1.82) is 0 Å². The molecule has 4 fully saturated rings. The Hall–Kier alpha value is -11.1. The average Bonchev–Trinajstić information content (AvgIpc) is 1.61. The number of hydroxylamine groups is 8. The van der Waals surface area contributed by atoms with Gasteiger partial charge < -0.3 is 19.4 Å². The van der Waals surface area contributed by atoms with Gasteiger partial charge in [0.25, 0.3) is 133 Å². The lowest BCUT2D eigenvalue weighted by atomic mass is 10.2. The van der Waals surface area contributed by atoms with Crippen LogP contribution in [0, 0.1) is 20.2 Å². The molecule has 10 heterocycles. The standard InChI is InChI=1S/C13H13N3O9S3.C13H14N2O7S3.C12H12N2O9S.C12H12N2O6.C10H12N2O6S3.C10H13NO4S3.O3S/c17-11-3-4-12(18)15(11)25-13(19)9(28(22,23)24)5-6-26-27-10-2-1-8(7-14-10)16(20)21;16-11-4-5-12(17)15(11)22-13(18)9(25(19,20)21)6-8-23-24-10-3-1-2-7-14-10;15-8-1-2-9(16)13(8)6-5-7(24(20,21)22)12(19)23-14-10(17)3-4-11(14)18;15-8-3-4-9(16)13(8)7-1-2-12(19)20-14-10(17)5-6-11(14)18;1-7(13)9(21(16,17)18)4-5-19-20-10-3-2-8(6-11-10)12(14)15;1-8(12)9(18(13,14)15)5-7-16-17-10-4-2-3-6-11-10;1-4(2)3/h1-2,7,9H,3-6H2,(H,22,23,24);1-3,7,9H,4-6,8H2,(H,19,20,21);1-2,7H,3-6H2,(H,20,21,22);3-4H,1-2,5-7H2;2-3,6,9H,4-5H2,1H3,(H,16,17,18);2-4,6,9H,5,7H2,1H3,(H,13,14,15);. The molecular weight excluding hydrogens is 2160 g/mol. The Bertz CT molecular complexity index is 6000. The average molecular weight is 2240 g/mol. The van der Waals surface area contributed by atoms with Crippen molar-refractivity contribution in [2.75, 3.05) is 36.1 Å². The van der Waals surface area contributed by atoms with Gasteiger partial charge in [-0.15, -0.1) is 32.9 Å². The Kier molecular flexibility index (Phi) is 50.5. The van der Waals surface area contributed by atoms with Crippen LogP contribution in [-0.4, -0.2) is 306 Å². The first-order valence-corrected chi connectivity index (χ1v) is 56.3. The van der Waals surface area contributed by atoms with E-state index < -0.39 is 217 Å². The lowest BCUT2D eigenvalue weighted by Gasteiger charge is -2.19. The Labute approximate surface area is 824 Å². The quantitative estimate of drug-likeness (QED) is 0.0106. The monoisotopic (exact) mass is 2240 g/mol. The number of aromatic nitrogens is 4. The van der Waals surface area contributed by atoms with E-state index in [0.29, 0.717) is 36.5 Å². The Morgan fingerprint density at radius 3 is 0.864 bits per heavy atom. The van der Waals surface area contributed by atoms with Crippen LogP contribution < -0.4 is 0 Å². The number of Topliss-reactive ketones (excluding diaryl/α,β-unsaturated/α-hetero) is 2. The van der Waals surface area contributed by atoms with E-state index >= 15 is 0 Å². The summed E-state index contributed by atoms with van der Waals surface area (Å²) in [4.78, 5) is 261. The lowest BCUT2D eigenvalue weighted by Crippen LogP contribution is -2.42. The maximum Gasteiger partial charge on any atom is 0.425 e. The van der Waals surface area contributed by atoms with Gasteiger partial charge in [0.2, 0.25) is 0 Å². The van der Waals surface area contributed by atoms with Gasteiger partial charge in [0.1, 0.15) is 54.6 Å². The topological polar surface area (TPSA) is 825 Å². The Morgan fingerprint density at radius 1 is 0.379 bits per heavy atom. The summed E-state index contributed by atoms with van der Waals surface area (Å²) in [5.41, 5.74) is -0.304. The fraction of sp³-hybridized carbons (Fsp3) is 0.400. The van der Waals surface area contributed by atoms with Gasteiger partial charge in [-0.2, -0.15) is 42.1 Å². The third-order valence-corrected chi connectivity index (χ3v) is 32.2. The molecule has 6 aliphatic rings. The molecule has 56 nitrogen and oxygen atoms in total. The smallest absolute Gasteiger partial charge is 0.330 e. The van der Waals surface area contributed by atoms with Crippen LogP contribution in [0.25, 0.3) is 0 Å². The molecule has 5 unspecified atom stereocenters. The summed E-state index contributed by atoms with van der Waals surface area (Å²) in [6.45, 7) is 1.87. The molecule has 140 heavy (non-hydrogen) atoms. The van der Waals surface area contributed by atoms with Crippen LogP contribution in [0.5, 0.6) is 0 Å². The van der Waals surface area contributed by atoms with E-state index in [0.717, 1.165) is 82.1 Å². The molecule has 10 rings (SSSR count). The number of rotatable bonds is 43. The number of imide groups is 6. The summed E-state index contributed by atoms with van der Waals surface area (Å²) in [7, 11) is -16.4. The van der Waals surface area contributed by atoms with Gasteiger partial charge in [-0.3, -0.25) is 120 Å². The third kappa shape index (κ3) is 43.2. The summed E-state index contributed by atoms with van der Waals surface area (Å²) in [5, 5.41) is 15.7. The minimum absolute atomic E-state index is 0.0151. The van der Waals surface area contributed by atoms with Crippen molar-refractivity contribution in [3.8, 4) is 0 Å². The number of hydrogen-bond acceptors (Lipinski definition) is 51. The van der Waals surface area contributed by atoms with Gasteiger partial charge in [0.05, 0.1) is 9.85 Å². The summed E-state index contributed by atoms with van der Waals surface area (Å²) in [5.74, 6) is -13.3. The number of carbonyl (C=O) groups is 18. The molecule has 70 heteroatoms. The summed E-state index contributed by atoms with van der Waals surface area (Å²) in [6.07, 6.45) is 7.76. The normalized spacial score (nSPS) is 15.7. The van der Waals surface area contributed by atoms with E-state index in [9.17, 15) is 158 Å². The molecule has 5 N–H and O–H groups in total. The molecule has 4 saturated heterocycles. The number of pyridine rings is 4. The number of nitro groups is 2. The fourth-order valence-electron chi connectivity index (χ4n) is 10.3. The first kappa shape index (κ1) is 121. The first-order chi connectivity index (χ1) is 65.3. The van der Waals surface area contributed by atoms with Gasteiger partial charge in [-0.05, 0) is 132 Å². The van der Waals surface area contributed by atoms with E-state index in [1.165, 1.54) is 89.0 Å². The van der Waals surface area contributed by atoms with Crippen LogP contribution in [0.3, 0.4) is 0 Å². The van der Waals surface area contributed by atoms with Crippen molar-refractivity contribution in [2.45, 2.75) is 157 Å². The van der Waals surface area contributed by atoms with Crippen molar-refractivity contribution in [3.63, 3.8) is 0 Å². The molecule has 764 valence electrons. The number of ketones is 2. The van der Waals surface area contributed by atoms with E-state index in [1.807, 2.05) is 12.1 Å². The van der Waals surface area contributed by atoms with Gasteiger partial charge in [0.15, 0.2) is 15.7 Å². The van der Waals surface area contributed by atoms with E-state index in [4.69, 9.17) is 26.3 Å². The van der Waals surface area contributed by atoms with E-state index in [2.05, 4.69) is 39.3 Å². The van der Waals surface area contributed by atoms with Crippen LogP contribution in [-0.2, 0) is 167 Å². The highest BCUT2D eigenvalue weighted by Gasteiger charge is 2.44. The zero-order chi connectivity index (χ0) is 105. The van der Waals surface area contributed by atoms with Gasteiger partial charge in [0, 0.05) is 143 Å². The molecule has 4 aromatic rings. The molecule has 6 aliphatic heterocycles. The molecule has 0 spiro atoms. The van der Waals surface area contributed by atoms with Crippen LogP contribution in [0.2, 0.25) is 0 Å². The molecule has 0 aromatic carbocycles. The summed E-state index contributed by atoms with van der Waals surface area (Å²) in [6, 6.07) is 16.2. The molecular formula is C70H76N12O44S14. The van der Waals surface area contributed by atoms with Crippen LogP contribution in [0.15, 0.2) is 130 Å². The predicted octanol–water partition coefficient (Wildman–Crippen LogP) is 2.54. The largest absolute Gasteiger partial charge is 0.425 e. The molecule has 4 aromatic heterocycles.